The van der Waals surface area contributed by atoms with Gasteiger partial charge >= 0.3 is 5.97 Å². The van der Waals surface area contributed by atoms with Crippen molar-refractivity contribution in [2.24, 2.45) is 4.99 Å². The van der Waals surface area contributed by atoms with Crippen molar-refractivity contribution in [3.8, 4) is 17.2 Å². The van der Waals surface area contributed by atoms with Gasteiger partial charge in [0.25, 0.3) is 5.56 Å². The van der Waals surface area contributed by atoms with Crippen LogP contribution in [0.3, 0.4) is 0 Å². The van der Waals surface area contributed by atoms with Gasteiger partial charge in [-0.25, -0.2) is 9.79 Å². The van der Waals surface area contributed by atoms with E-state index in [4.69, 9.17) is 42.1 Å². The Morgan fingerprint density at radius 2 is 1.79 bits per heavy atom. The van der Waals surface area contributed by atoms with Crippen molar-refractivity contribution < 1.29 is 23.7 Å². The number of carbonyl (C=O) groups is 1. The number of aromatic nitrogens is 1. The van der Waals surface area contributed by atoms with Crippen LogP contribution in [0.15, 0.2) is 81.7 Å². The lowest BCUT2D eigenvalue weighted by molar-refractivity contribution is -0.139. The topological polar surface area (TPSA) is 88.4 Å². The Morgan fingerprint density at radius 3 is 2.47 bits per heavy atom. The third-order valence-electron chi connectivity index (χ3n) is 6.83. The molecule has 0 aliphatic carbocycles. The summed E-state index contributed by atoms with van der Waals surface area (Å²) in [5.41, 5.74) is 2.76. The number of nitrogens with zero attached hydrogens (tertiary/aromatic N) is 2. The Hall–Kier alpha value is -4.05. The highest BCUT2D eigenvalue weighted by molar-refractivity contribution is 7.07. The Labute approximate surface area is 262 Å². The van der Waals surface area contributed by atoms with Gasteiger partial charge in [-0.05, 0) is 67.4 Å². The number of hydrogen-bond acceptors (Lipinski definition) is 8. The molecule has 0 spiro atoms. The zero-order chi connectivity index (χ0) is 30.7. The molecule has 0 N–H and O–H groups in total. The number of benzene rings is 3. The molecule has 2 heterocycles. The van der Waals surface area contributed by atoms with Gasteiger partial charge in [-0.2, -0.15) is 0 Å². The lowest BCUT2D eigenvalue weighted by Gasteiger charge is -2.24. The minimum atomic E-state index is -0.714. The second-order valence-electron chi connectivity index (χ2n) is 9.51. The minimum Gasteiger partial charge on any atom is -0.497 e. The third kappa shape index (κ3) is 6.34. The number of carbonyl (C=O) groups excluding carboxylic acids is 1. The fourth-order valence-electron chi connectivity index (χ4n) is 4.73. The van der Waals surface area contributed by atoms with Crippen LogP contribution in [0.4, 0.5) is 0 Å². The van der Waals surface area contributed by atoms with Crippen LogP contribution >= 0.6 is 34.5 Å². The van der Waals surface area contributed by atoms with Crippen LogP contribution < -0.4 is 29.1 Å². The molecule has 3 aromatic carbocycles. The summed E-state index contributed by atoms with van der Waals surface area (Å²) in [6.45, 7) is 3.91. The second kappa shape index (κ2) is 13.1. The number of ether oxygens (including phenoxy) is 4. The van der Waals surface area contributed by atoms with Crippen molar-refractivity contribution in [3.63, 3.8) is 0 Å². The van der Waals surface area contributed by atoms with Crippen LogP contribution in [0.25, 0.3) is 6.08 Å². The zero-order valence-corrected chi connectivity index (χ0v) is 26.2. The molecular formula is C32H28Cl2N2O6S. The van der Waals surface area contributed by atoms with Crippen molar-refractivity contribution in [1.82, 2.24) is 4.57 Å². The summed E-state index contributed by atoms with van der Waals surface area (Å²) in [7, 11) is 3.12. The van der Waals surface area contributed by atoms with E-state index in [-0.39, 0.29) is 18.8 Å². The molecule has 0 amide bonds. The van der Waals surface area contributed by atoms with E-state index in [9.17, 15) is 9.59 Å². The van der Waals surface area contributed by atoms with Crippen LogP contribution in [0.1, 0.15) is 36.6 Å². The number of allylic oxidation sites excluding steroid dienone is 1. The Morgan fingerprint density at radius 1 is 1.02 bits per heavy atom. The van der Waals surface area contributed by atoms with Gasteiger partial charge < -0.3 is 18.9 Å². The molecule has 5 rings (SSSR count). The molecular weight excluding hydrogens is 611 g/mol. The second-order valence-corrected chi connectivity index (χ2v) is 11.4. The molecule has 8 nitrogen and oxygen atoms in total. The molecule has 1 aliphatic rings. The number of halogens is 2. The molecule has 0 saturated carbocycles. The number of hydrogen-bond donors (Lipinski definition) is 0. The maximum Gasteiger partial charge on any atom is 0.338 e. The number of rotatable bonds is 9. The molecule has 0 unspecified atom stereocenters. The van der Waals surface area contributed by atoms with E-state index in [0.717, 1.165) is 16.7 Å². The first kappa shape index (κ1) is 30.4. The standard InChI is InChI=1S/C32H28Cl2N2O6S/c1-5-41-31(38)28-18(2)35-32-36(29(28)20-8-11-23(39-3)12-9-20)30(37)27(43-32)15-19-6-13-25(26(14-19)40-4)42-17-21-7-10-22(33)16-24(21)34/h6-16,29H,5,17H2,1-4H3/b27-15-/t29-/m0/s1. The quantitative estimate of drug-likeness (QED) is 0.219. The summed E-state index contributed by atoms with van der Waals surface area (Å²) >= 11 is 13.5. The van der Waals surface area contributed by atoms with E-state index >= 15 is 0 Å². The minimum absolute atomic E-state index is 0.198. The van der Waals surface area contributed by atoms with E-state index in [0.29, 0.717) is 47.9 Å². The third-order valence-corrected chi connectivity index (χ3v) is 8.40. The summed E-state index contributed by atoms with van der Waals surface area (Å²) in [4.78, 5) is 32.1. The molecule has 0 radical (unpaired) electrons. The molecule has 11 heteroatoms. The number of esters is 1. The highest BCUT2D eigenvalue weighted by Gasteiger charge is 2.33. The van der Waals surface area contributed by atoms with Gasteiger partial charge in [-0.3, -0.25) is 9.36 Å². The number of thiazole rings is 1. The Bertz CT molecular complexity index is 1900. The van der Waals surface area contributed by atoms with E-state index in [1.54, 1.807) is 81.2 Å². The Kier molecular flexibility index (Phi) is 9.25. The molecule has 1 aromatic heterocycles. The van der Waals surface area contributed by atoms with Gasteiger partial charge in [0.15, 0.2) is 16.3 Å². The first-order valence-electron chi connectivity index (χ1n) is 13.3. The molecule has 43 heavy (non-hydrogen) atoms. The first-order valence-corrected chi connectivity index (χ1v) is 14.9. The van der Waals surface area contributed by atoms with Crippen molar-refractivity contribution >= 4 is 46.6 Å². The Balaban J connectivity index is 1.53. The van der Waals surface area contributed by atoms with Gasteiger partial charge in [0.2, 0.25) is 0 Å². The van der Waals surface area contributed by atoms with Crippen LogP contribution in [0.2, 0.25) is 10.0 Å². The van der Waals surface area contributed by atoms with Gasteiger partial charge in [-0.1, -0.05) is 58.8 Å². The molecule has 0 saturated heterocycles. The summed E-state index contributed by atoms with van der Waals surface area (Å²) < 4.78 is 24.2. The van der Waals surface area contributed by atoms with Gasteiger partial charge in [0.05, 0.1) is 42.7 Å². The largest absolute Gasteiger partial charge is 0.497 e. The lowest BCUT2D eigenvalue weighted by Crippen LogP contribution is -2.39. The normalized spacial score (nSPS) is 14.7. The SMILES string of the molecule is CCOC(=O)C1=C(C)N=c2s/c(=C\c3ccc(OCc4ccc(Cl)cc4Cl)c(OC)c3)c(=O)n2[C@H]1c1ccc(OC)cc1. The zero-order valence-electron chi connectivity index (χ0n) is 23.9. The number of methoxy groups -OCH3 is 2. The fourth-order valence-corrected chi connectivity index (χ4v) is 6.24. The average Bonchev–Trinajstić information content (AvgIpc) is 3.30. The molecule has 1 atom stereocenters. The molecule has 1 aliphatic heterocycles. The van der Waals surface area contributed by atoms with Gasteiger partial charge in [-0.15, -0.1) is 0 Å². The van der Waals surface area contributed by atoms with Crippen molar-refractivity contribution in [2.75, 3.05) is 20.8 Å². The van der Waals surface area contributed by atoms with Crippen molar-refractivity contribution in [2.45, 2.75) is 26.5 Å². The predicted octanol–water partition coefficient (Wildman–Crippen LogP) is 5.70. The molecule has 222 valence electrons. The van der Waals surface area contributed by atoms with Gasteiger partial charge in [0, 0.05) is 15.6 Å². The molecule has 0 bridgehead atoms. The fraction of sp³-hybridized carbons (Fsp3) is 0.219. The summed E-state index contributed by atoms with van der Waals surface area (Å²) in [5.74, 6) is 1.15. The lowest BCUT2D eigenvalue weighted by atomic mass is 9.96. The molecule has 0 fully saturated rings. The van der Waals surface area contributed by atoms with Crippen LogP contribution in [-0.4, -0.2) is 31.4 Å². The average molecular weight is 640 g/mol. The smallest absolute Gasteiger partial charge is 0.338 e. The monoisotopic (exact) mass is 638 g/mol. The van der Waals surface area contributed by atoms with Crippen molar-refractivity contribution in [3.05, 3.63) is 118 Å². The maximum absolute atomic E-state index is 13.9. The maximum atomic E-state index is 13.9. The van der Waals surface area contributed by atoms with E-state index in [2.05, 4.69) is 4.99 Å². The van der Waals surface area contributed by atoms with Crippen LogP contribution in [-0.2, 0) is 16.1 Å². The van der Waals surface area contributed by atoms with E-state index in [1.807, 2.05) is 18.2 Å². The highest BCUT2D eigenvalue weighted by atomic mass is 35.5. The highest BCUT2D eigenvalue weighted by Crippen LogP contribution is 2.32. The first-order chi connectivity index (χ1) is 20.7. The predicted molar refractivity (Wildman–Crippen MR) is 167 cm³/mol. The van der Waals surface area contributed by atoms with Crippen molar-refractivity contribution in [1.29, 1.82) is 0 Å². The van der Waals surface area contributed by atoms with E-state index < -0.39 is 12.0 Å². The summed E-state index contributed by atoms with van der Waals surface area (Å²) in [6, 6.07) is 17.1. The van der Waals surface area contributed by atoms with Gasteiger partial charge in [0.1, 0.15) is 12.4 Å². The summed E-state index contributed by atoms with van der Waals surface area (Å²) in [5, 5.41) is 1.05. The van der Waals surface area contributed by atoms with Crippen LogP contribution in [0.5, 0.6) is 17.2 Å². The summed E-state index contributed by atoms with van der Waals surface area (Å²) in [6.07, 6.45) is 1.76. The van der Waals surface area contributed by atoms with E-state index in [1.165, 1.54) is 11.3 Å². The van der Waals surface area contributed by atoms with Crippen LogP contribution in [0, 0.1) is 0 Å². The molecule has 4 aromatic rings. The number of fused-ring (bicyclic) bond motifs is 1.